The van der Waals surface area contributed by atoms with Gasteiger partial charge < -0.3 is 10.1 Å². The van der Waals surface area contributed by atoms with Crippen LogP contribution in [0.15, 0.2) is 42.9 Å². The second-order valence-corrected chi connectivity index (χ2v) is 4.50. The molecule has 0 spiro atoms. The Hall–Kier alpha value is -2.40. The van der Waals surface area contributed by atoms with Crippen molar-refractivity contribution < 1.29 is 4.74 Å². The van der Waals surface area contributed by atoms with E-state index in [0.29, 0.717) is 22.2 Å². The fourth-order valence-electron chi connectivity index (χ4n) is 1.90. The highest BCUT2D eigenvalue weighted by atomic mass is 35.5. The summed E-state index contributed by atoms with van der Waals surface area (Å²) in [6, 6.07) is 9.09. The van der Waals surface area contributed by atoms with Gasteiger partial charge in [-0.05, 0) is 30.3 Å². The van der Waals surface area contributed by atoms with Gasteiger partial charge in [0.05, 0.1) is 18.2 Å². The second kappa shape index (κ2) is 5.30. The van der Waals surface area contributed by atoms with Crippen LogP contribution in [0.25, 0.3) is 11.0 Å². The van der Waals surface area contributed by atoms with Gasteiger partial charge >= 0.3 is 0 Å². The number of methoxy groups -OCH3 is 1. The molecule has 0 saturated heterocycles. The number of ether oxygens (including phenoxy) is 1. The summed E-state index contributed by atoms with van der Waals surface area (Å²) in [5.74, 6) is 1.34. The summed E-state index contributed by atoms with van der Waals surface area (Å²) >= 11 is 6.02. The molecule has 0 bridgehead atoms. The predicted molar refractivity (Wildman–Crippen MR) is 78.6 cm³/mol. The van der Waals surface area contributed by atoms with Gasteiger partial charge in [-0.2, -0.15) is 0 Å². The van der Waals surface area contributed by atoms with E-state index in [0.717, 1.165) is 11.1 Å². The quantitative estimate of drug-likeness (QED) is 0.799. The number of benzene rings is 1. The molecule has 0 saturated carbocycles. The lowest BCUT2D eigenvalue weighted by molar-refractivity contribution is 0.417. The number of rotatable bonds is 3. The molecule has 3 rings (SSSR count). The Labute approximate surface area is 120 Å². The van der Waals surface area contributed by atoms with E-state index in [-0.39, 0.29) is 0 Å². The molecule has 20 heavy (non-hydrogen) atoms. The third-order valence-electron chi connectivity index (χ3n) is 2.82. The van der Waals surface area contributed by atoms with Crippen molar-refractivity contribution in [2.24, 2.45) is 0 Å². The number of pyridine rings is 1. The Morgan fingerprint density at radius 2 is 2.05 bits per heavy atom. The summed E-state index contributed by atoms with van der Waals surface area (Å²) in [5, 5.41) is 4.65. The molecule has 0 aliphatic rings. The molecule has 1 aromatic carbocycles. The lowest BCUT2D eigenvalue weighted by Crippen LogP contribution is -1.99. The van der Waals surface area contributed by atoms with Crippen LogP contribution in [-0.4, -0.2) is 22.1 Å². The van der Waals surface area contributed by atoms with Crippen LogP contribution < -0.4 is 10.1 Å². The Bertz CT molecular complexity index is 758. The minimum Gasteiger partial charge on any atom is -0.495 e. The van der Waals surface area contributed by atoms with Crippen molar-refractivity contribution in [2.45, 2.75) is 0 Å². The summed E-state index contributed by atoms with van der Waals surface area (Å²) in [6.45, 7) is 0. The van der Waals surface area contributed by atoms with Gasteiger partial charge in [0.25, 0.3) is 0 Å². The number of halogens is 1. The third-order valence-corrected chi connectivity index (χ3v) is 3.06. The van der Waals surface area contributed by atoms with Crippen LogP contribution in [0.3, 0.4) is 0 Å². The average molecular weight is 287 g/mol. The van der Waals surface area contributed by atoms with Crippen LogP contribution in [0.5, 0.6) is 5.75 Å². The van der Waals surface area contributed by atoms with Crippen LogP contribution in [0, 0.1) is 0 Å². The normalized spacial score (nSPS) is 10.5. The van der Waals surface area contributed by atoms with E-state index in [1.807, 2.05) is 12.1 Å². The highest BCUT2D eigenvalue weighted by Crippen LogP contribution is 2.31. The van der Waals surface area contributed by atoms with Gasteiger partial charge in [0.1, 0.15) is 17.9 Å². The fraction of sp³-hybridized carbons (Fsp3) is 0.0714. The highest BCUT2D eigenvalue weighted by molar-refractivity contribution is 6.31. The Morgan fingerprint density at radius 1 is 1.15 bits per heavy atom. The molecular weight excluding hydrogens is 276 g/mol. The second-order valence-electron chi connectivity index (χ2n) is 4.07. The summed E-state index contributed by atoms with van der Waals surface area (Å²) < 4.78 is 5.30. The number of hydrogen-bond donors (Lipinski definition) is 1. The van der Waals surface area contributed by atoms with Crippen molar-refractivity contribution in [3.63, 3.8) is 0 Å². The molecule has 0 fully saturated rings. The van der Waals surface area contributed by atoms with Crippen LogP contribution >= 0.6 is 11.6 Å². The minimum atomic E-state index is 0.616. The van der Waals surface area contributed by atoms with E-state index in [9.17, 15) is 0 Å². The molecule has 0 radical (unpaired) electrons. The van der Waals surface area contributed by atoms with Gasteiger partial charge in [0.15, 0.2) is 5.65 Å². The van der Waals surface area contributed by atoms with Gasteiger partial charge in [0, 0.05) is 11.2 Å². The summed E-state index contributed by atoms with van der Waals surface area (Å²) in [4.78, 5) is 12.6. The molecule has 0 aliphatic carbocycles. The van der Waals surface area contributed by atoms with Gasteiger partial charge in [-0.3, -0.25) is 0 Å². The van der Waals surface area contributed by atoms with Crippen LogP contribution in [-0.2, 0) is 0 Å². The molecule has 2 aromatic heterocycles. The molecule has 5 nitrogen and oxygen atoms in total. The zero-order chi connectivity index (χ0) is 13.9. The average Bonchev–Trinajstić information content (AvgIpc) is 2.48. The maximum Gasteiger partial charge on any atom is 0.164 e. The number of fused-ring (bicyclic) bond motifs is 1. The van der Waals surface area contributed by atoms with Crippen molar-refractivity contribution in [3.8, 4) is 5.75 Å². The van der Waals surface area contributed by atoms with E-state index < -0.39 is 0 Å². The first kappa shape index (κ1) is 12.6. The standard InChI is InChI=1S/C14H11ClN4O/c1-20-12-5-4-9(15)7-11(12)19-14-10-3-2-6-16-13(10)17-8-18-14/h2-8H,1H3,(H,16,17,18,19). The van der Waals surface area contributed by atoms with Gasteiger partial charge in [0.2, 0.25) is 0 Å². The smallest absolute Gasteiger partial charge is 0.164 e. The van der Waals surface area contributed by atoms with Crippen molar-refractivity contribution in [3.05, 3.63) is 47.9 Å². The Kier molecular flexibility index (Phi) is 3.35. The zero-order valence-electron chi connectivity index (χ0n) is 10.7. The first-order valence-electron chi connectivity index (χ1n) is 5.94. The maximum absolute atomic E-state index is 6.02. The van der Waals surface area contributed by atoms with Crippen LogP contribution in [0.1, 0.15) is 0 Å². The fourth-order valence-corrected chi connectivity index (χ4v) is 2.07. The van der Waals surface area contributed by atoms with E-state index >= 15 is 0 Å². The molecule has 0 aliphatic heterocycles. The van der Waals surface area contributed by atoms with Crippen molar-refractivity contribution in [1.82, 2.24) is 15.0 Å². The Balaban J connectivity index is 2.07. The monoisotopic (exact) mass is 286 g/mol. The largest absolute Gasteiger partial charge is 0.495 e. The van der Waals surface area contributed by atoms with Gasteiger partial charge in [-0.25, -0.2) is 15.0 Å². The van der Waals surface area contributed by atoms with Crippen LogP contribution in [0.4, 0.5) is 11.5 Å². The molecule has 1 N–H and O–H groups in total. The topological polar surface area (TPSA) is 59.9 Å². The summed E-state index contributed by atoms with van der Waals surface area (Å²) in [7, 11) is 1.61. The van der Waals surface area contributed by atoms with Crippen molar-refractivity contribution in [2.75, 3.05) is 12.4 Å². The molecule has 0 unspecified atom stereocenters. The van der Waals surface area contributed by atoms with Gasteiger partial charge in [-0.1, -0.05) is 11.6 Å². The third kappa shape index (κ3) is 2.35. The van der Waals surface area contributed by atoms with E-state index in [1.165, 1.54) is 6.33 Å². The molecule has 100 valence electrons. The Morgan fingerprint density at radius 3 is 2.90 bits per heavy atom. The molecule has 0 atom stereocenters. The summed E-state index contributed by atoms with van der Waals surface area (Å²) in [5.41, 5.74) is 1.37. The van der Waals surface area contributed by atoms with Gasteiger partial charge in [-0.15, -0.1) is 0 Å². The number of hydrogen-bond acceptors (Lipinski definition) is 5. The van der Waals surface area contributed by atoms with Crippen LogP contribution in [0.2, 0.25) is 5.02 Å². The van der Waals surface area contributed by atoms with E-state index in [2.05, 4.69) is 20.3 Å². The van der Waals surface area contributed by atoms with Crippen molar-refractivity contribution in [1.29, 1.82) is 0 Å². The molecule has 3 aromatic rings. The first-order valence-corrected chi connectivity index (χ1v) is 6.32. The maximum atomic E-state index is 6.02. The summed E-state index contributed by atoms with van der Waals surface area (Å²) in [6.07, 6.45) is 3.16. The van der Waals surface area contributed by atoms with E-state index in [4.69, 9.17) is 16.3 Å². The number of nitrogens with zero attached hydrogens (tertiary/aromatic N) is 3. The lowest BCUT2D eigenvalue weighted by atomic mass is 10.2. The van der Waals surface area contributed by atoms with Crippen molar-refractivity contribution >= 4 is 34.1 Å². The zero-order valence-corrected chi connectivity index (χ0v) is 11.4. The number of nitrogens with one attached hydrogen (secondary N) is 1. The first-order chi connectivity index (χ1) is 9.78. The molecule has 2 heterocycles. The van der Waals surface area contributed by atoms with E-state index in [1.54, 1.807) is 31.5 Å². The number of anilines is 2. The SMILES string of the molecule is COc1ccc(Cl)cc1Nc1ncnc2ncccc12. The molecule has 6 heteroatoms. The number of aromatic nitrogens is 3. The lowest BCUT2D eigenvalue weighted by Gasteiger charge is -2.12. The molecular formula is C14H11ClN4O. The minimum absolute atomic E-state index is 0.616. The molecule has 0 amide bonds. The predicted octanol–water partition coefficient (Wildman–Crippen LogP) is 3.43. The highest BCUT2D eigenvalue weighted by Gasteiger charge is 2.08.